The minimum atomic E-state index is 0.0515. The predicted molar refractivity (Wildman–Crippen MR) is 138 cm³/mol. The fourth-order valence-corrected chi connectivity index (χ4v) is 4.40. The Balaban J connectivity index is 1.73. The van der Waals surface area contributed by atoms with E-state index in [1.54, 1.807) is 6.20 Å². The number of benzene rings is 2. The Bertz CT molecular complexity index is 1310. The second-order valence-corrected chi connectivity index (χ2v) is 8.65. The summed E-state index contributed by atoms with van der Waals surface area (Å²) in [5.74, 6) is 0.793. The standard InChI is InChI=1S/C27H32N6/c1-8-17(3)33(7)26-15-23-20(6)30-32-27(24(23)14-16(26)2)29-19(5)21-10-9-11-22(18(21)4)25-12-13-28-31-25/h9-15,19H,3,8H2,1-2,4-7H3,(H,28,31)(H,29,32). The molecule has 6 nitrogen and oxygen atoms in total. The summed E-state index contributed by atoms with van der Waals surface area (Å²) in [4.78, 5) is 2.16. The van der Waals surface area contributed by atoms with Crippen LogP contribution in [0.5, 0.6) is 0 Å². The number of fused-ring (bicyclic) bond motifs is 1. The smallest absolute Gasteiger partial charge is 0.157 e. The van der Waals surface area contributed by atoms with Crippen molar-refractivity contribution >= 4 is 22.3 Å². The molecule has 0 amide bonds. The number of nitrogens with zero attached hydrogens (tertiary/aromatic N) is 4. The quantitative estimate of drug-likeness (QED) is 0.344. The molecule has 1 unspecified atom stereocenters. The van der Waals surface area contributed by atoms with Crippen LogP contribution in [0.2, 0.25) is 0 Å². The molecule has 2 aromatic heterocycles. The second-order valence-electron chi connectivity index (χ2n) is 8.65. The van der Waals surface area contributed by atoms with Gasteiger partial charge in [0.05, 0.1) is 17.4 Å². The first-order chi connectivity index (χ1) is 15.8. The maximum absolute atomic E-state index is 4.53. The van der Waals surface area contributed by atoms with Crippen LogP contribution in [0.25, 0.3) is 22.0 Å². The van der Waals surface area contributed by atoms with Crippen molar-refractivity contribution in [3.05, 3.63) is 77.3 Å². The molecular formula is C27H32N6. The highest BCUT2D eigenvalue weighted by atomic mass is 15.2. The molecule has 2 aromatic carbocycles. The lowest BCUT2D eigenvalue weighted by Crippen LogP contribution is -2.16. The number of aromatic amines is 1. The van der Waals surface area contributed by atoms with E-state index in [4.69, 9.17) is 0 Å². The van der Waals surface area contributed by atoms with Gasteiger partial charge in [0.1, 0.15) is 0 Å². The molecule has 33 heavy (non-hydrogen) atoms. The third-order valence-electron chi connectivity index (χ3n) is 6.51. The Hall–Kier alpha value is -3.67. The van der Waals surface area contributed by atoms with Crippen LogP contribution >= 0.6 is 0 Å². The molecule has 0 saturated heterocycles. The van der Waals surface area contributed by atoms with Crippen LogP contribution < -0.4 is 10.2 Å². The molecule has 0 bridgehead atoms. The van der Waals surface area contributed by atoms with E-state index in [-0.39, 0.29) is 6.04 Å². The van der Waals surface area contributed by atoms with E-state index in [0.29, 0.717) is 0 Å². The van der Waals surface area contributed by atoms with Gasteiger partial charge in [-0.3, -0.25) is 5.10 Å². The Morgan fingerprint density at radius 1 is 1.12 bits per heavy atom. The van der Waals surface area contributed by atoms with E-state index in [2.05, 4.69) is 102 Å². The van der Waals surface area contributed by atoms with Gasteiger partial charge >= 0.3 is 0 Å². The van der Waals surface area contributed by atoms with Crippen molar-refractivity contribution in [1.29, 1.82) is 0 Å². The van der Waals surface area contributed by atoms with Crippen LogP contribution in [0.3, 0.4) is 0 Å². The highest BCUT2D eigenvalue weighted by Gasteiger charge is 2.17. The molecule has 0 aliphatic rings. The Morgan fingerprint density at radius 2 is 1.91 bits per heavy atom. The van der Waals surface area contributed by atoms with Crippen molar-refractivity contribution in [3.8, 4) is 11.3 Å². The molecule has 1 atom stereocenters. The summed E-state index contributed by atoms with van der Waals surface area (Å²) in [5.41, 5.74) is 8.91. The SMILES string of the molecule is C=C(CC)N(C)c1cc2c(C)nnc(NC(C)c3cccc(-c4ccn[nH]4)c3C)c2cc1C. The van der Waals surface area contributed by atoms with Gasteiger partial charge in [-0.05, 0) is 69.0 Å². The molecule has 4 rings (SSSR count). The molecule has 0 spiro atoms. The van der Waals surface area contributed by atoms with Crippen molar-refractivity contribution in [1.82, 2.24) is 20.4 Å². The molecule has 0 radical (unpaired) electrons. The van der Waals surface area contributed by atoms with E-state index in [0.717, 1.165) is 51.3 Å². The number of rotatable bonds is 7. The van der Waals surface area contributed by atoms with Gasteiger partial charge in [-0.15, -0.1) is 5.10 Å². The van der Waals surface area contributed by atoms with E-state index in [1.807, 2.05) is 13.0 Å². The molecule has 0 fully saturated rings. The van der Waals surface area contributed by atoms with E-state index >= 15 is 0 Å². The zero-order chi connectivity index (χ0) is 23.7. The van der Waals surface area contributed by atoms with Gasteiger partial charge in [-0.25, -0.2) is 0 Å². The lowest BCUT2D eigenvalue weighted by atomic mass is 9.96. The summed E-state index contributed by atoms with van der Waals surface area (Å²) in [6.45, 7) is 14.8. The molecule has 4 aromatic rings. The third kappa shape index (κ3) is 4.21. The van der Waals surface area contributed by atoms with Gasteiger partial charge in [0, 0.05) is 41.0 Å². The van der Waals surface area contributed by atoms with Crippen LogP contribution in [-0.2, 0) is 0 Å². The van der Waals surface area contributed by atoms with Gasteiger partial charge in [-0.2, -0.15) is 10.2 Å². The second kappa shape index (κ2) is 9.06. The number of aromatic nitrogens is 4. The molecular weight excluding hydrogens is 408 g/mol. The van der Waals surface area contributed by atoms with E-state index < -0.39 is 0 Å². The van der Waals surface area contributed by atoms with Crippen LogP contribution in [0.4, 0.5) is 11.5 Å². The number of nitrogens with one attached hydrogen (secondary N) is 2. The maximum Gasteiger partial charge on any atom is 0.157 e. The lowest BCUT2D eigenvalue weighted by molar-refractivity contribution is 0.853. The van der Waals surface area contributed by atoms with Crippen LogP contribution in [-0.4, -0.2) is 27.4 Å². The van der Waals surface area contributed by atoms with Crippen molar-refractivity contribution in [2.24, 2.45) is 0 Å². The summed E-state index contributed by atoms with van der Waals surface area (Å²) in [5, 5.41) is 22.0. The van der Waals surface area contributed by atoms with Gasteiger partial charge in [-0.1, -0.05) is 31.7 Å². The normalized spacial score (nSPS) is 12.1. The van der Waals surface area contributed by atoms with Gasteiger partial charge in [0.15, 0.2) is 5.82 Å². The van der Waals surface area contributed by atoms with Crippen molar-refractivity contribution in [2.75, 3.05) is 17.3 Å². The third-order valence-corrected chi connectivity index (χ3v) is 6.51. The molecule has 2 N–H and O–H groups in total. The monoisotopic (exact) mass is 440 g/mol. The van der Waals surface area contributed by atoms with Gasteiger partial charge in [0.2, 0.25) is 0 Å². The number of allylic oxidation sites excluding steroid dienone is 1. The Labute approximate surface area is 195 Å². The van der Waals surface area contributed by atoms with Crippen molar-refractivity contribution < 1.29 is 0 Å². The Morgan fingerprint density at radius 3 is 2.61 bits per heavy atom. The van der Waals surface area contributed by atoms with Gasteiger partial charge < -0.3 is 10.2 Å². The molecule has 170 valence electrons. The first-order valence-electron chi connectivity index (χ1n) is 11.4. The highest BCUT2D eigenvalue weighted by Crippen LogP contribution is 2.34. The molecule has 0 aliphatic heterocycles. The summed E-state index contributed by atoms with van der Waals surface area (Å²) in [7, 11) is 2.07. The first kappa shape index (κ1) is 22.5. The van der Waals surface area contributed by atoms with Crippen molar-refractivity contribution in [3.63, 3.8) is 0 Å². The maximum atomic E-state index is 4.53. The highest BCUT2D eigenvalue weighted by molar-refractivity contribution is 5.96. The summed E-state index contributed by atoms with van der Waals surface area (Å²) in [6, 6.07) is 12.8. The average molecular weight is 441 g/mol. The summed E-state index contributed by atoms with van der Waals surface area (Å²) in [6.07, 6.45) is 2.68. The molecule has 6 heteroatoms. The fraction of sp³-hybridized carbons (Fsp3) is 0.296. The molecule has 0 saturated carbocycles. The molecule has 2 heterocycles. The minimum absolute atomic E-state index is 0.0515. The van der Waals surface area contributed by atoms with Crippen LogP contribution in [0.1, 0.15) is 48.7 Å². The predicted octanol–water partition coefficient (Wildman–Crippen LogP) is 6.48. The average Bonchev–Trinajstić information content (AvgIpc) is 3.34. The number of hydrogen-bond donors (Lipinski definition) is 2. The fourth-order valence-electron chi connectivity index (χ4n) is 4.40. The topological polar surface area (TPSA) is 69.7 Å². The lowest BCUT2D eigenvalue weighted by Gasteiger charge is -2.24. The first-order valence-corrected chi connectivity index (χ1v) is 11.4. The van der Waals surface area contributed by atoms with Crippen LogP contribution in [0.15, 0.2) is 54.9 Å². The Kier molecular flexibility index (Phi) is 6.18. The summed E-state index contributed by atoms with van der Waals surface area (Å²) < 4.78 is 0. The largest absolute Gasteiger partial charge is 0.362 e. The van der Waals surface area contributed by atoms with Crippen LogP contribution in [0, 0.1) is 20.8 Å². The van der Waals surface area contributed by atoms with Gasteiger partial charge in [0.25, 0.3) is 0 Å². The minimum Gasteiger partial charge on any atom is -0.362 e. The van der Waals surface area contributed by atoms with Crippen molar-refractivity contribution in [2.45, 2.75) is 47.1 Å². The number of hydrogen-bond acceptors (Lipinski definition) is 5. The number of aryl methyl sites for hydroxylation is 2. The summed E-state index contributed by atoms with van der Waals surface area (Å²) >= 11 is 0. The van der Waals surface area contributed by atoms with E-state index in [9.17, 15) is 0 Å². The zero-order valence-corrected chi connectivity index (χ0v) is 20.3. The van der Waals surface area contributed by atoms with E-state index in [1.165, 1.54) is 16.7 Å². The number of anilines is 2. The molecule has 0 aliphatic carbocycles. The zero-order valence-electron chi connectivity index (χ0n) is 20.3. The number of H-pyrrole nitrogens is 1.